The lowest BCUT2D eigenvalue weighted by atomic mass is 10.0. The summed E-state index contributed by atoms with van der Waals surface area (Å²) in [5.41, 5.74) is 10.2. The number of nitrogens with two attached hydrogens (primary N) is 1. The van der Waals surface area contributed by atoms with Crippen molar-refractivity contribution in [2.45, 2.75) is 6.54 Å². The monoisotopic (exact) mass is 234 g/mol. The van der Waals surface area contributed by atoms with E-state index in [0.29, 0.717) is 6.54 Å². The molecule has 3 aromatic rings. The number of hydrogen-bond acceptors (Lipinski definition) is 2. The molecule has 88 valence electrons. The van der Waals surface area contributed by atoms with Gasteiger partial charge in [-0.3, -0.25) is 4.98 Å². The molecule has 0 fully saturated rings. The zero-order valence-electron chi connectivity index (χ0n) is 10.0. The van der Waals surface area contributed by atoms with Gasteiger partial charge in [-0.15, -0.1) is 0 Å². The summed E-state index contributed by atoms with van der Waals surface area (Å²) in [6.07, 6.45) is 1.82. The molecule has 0 aliphatic carbocycles. The van der Waals surface area contributed by atoms with E-state index in [1.807, 2.05) is 12.3 Å². The maximum absolute atomic E-state index is 5.60. The Hall–Kier alpha value is -2.19. The fourth-order valence-corrected chi connectivity index (χ4v) is 2.09. The standard InChI is InChI=1S/C16H14N2/c17-11-12-3-5-13(6-4-12)14-7-8-16-15(10-14)2-1-9-18-16/h1-10H,11,17H2. The molecule has 18 heavy (non-hydrogen) atoms. The Morgan fingerprint density at radius 3 is 2.44 bits per heavy atom. The molecule has 2 nitrogen and oxygen atoms in total. The van der Waals surface area contributed by atoms with Crippen LogP contribution in [0.5, 0.6) is 0 Å². The summed E-state index contributed by atoms with van der Waals surface area (Å²) in [7, 11) is 0. The second kappa shape index (κ2) is 4.59. The fourth-order valence-electron chi connectivity index (χ4n) is 2.09. The van der Waals surface area contributed by atoms with Gasteiger partial charge in [0.15, 0.2) is 0 Å². The van der Waals surface area contributed by atoms with E-state index in [2.05, 4.69) is 53.5 Å². The number of hydrogen-bond donors (Lipinski definition) is 1. The first-order valence-corrected chi connectivity index (χ1v) is 6.01. The van der Waals surface area contributed by atoms with Crippen LogP contribution in [0.3, 0.4) is 0 Å². The topological polar surface area (TPSA) is 38.9 Å². The van der Waals surface area contributed by atoms with E-state index in [1.165, 1.54) is 11.1 Å². The van der Waals surface area contributed by atoms with Crippen LogP contribution in [0.15, 0.2) is 60.8 Å². The third kappa shape index (κ3) is 1.98. The normalized spacial score (nSPS) is 10.7. The maximum Gasteiger partial charge on any atom is 0.0702 e. The lowest BCUT2D eigenvalue weighted by Gasteiger charge is -2.04. The van der Waals surface area contributed by atoms with Crippen molar-refractivity contribution in [2.24, 2.45) is 5.73 Å². The van der Waals surface area contributed by atoms with Gasteiger partial charge in [-0.2, -0.15) is 0 Å². The van der Waals surface area contributed by atoms with Crippen molar-refractivity contribution in [3.63, 3.8) is 0 Å². The summed E-state index contributed by atoms with van der Waals surface area (Å²) in [5.74, 6) is 0. The number of fused-ring (bicyclic) bond motifs is 1. The molecule has 0 unspecified atom stereocenters. The zero-order valence-corrected chi connectivity index (χ0v) is 10.0. The zero-order chi connectivity index (χ0) is 12.4. The van der Waals surface area contributed by atoms with Crippen LogP contribution in [0.2, 0.25) is 0 Å². The molecule has 0 radical (unpaired) electrons. The summed E-state index contributed by atoms with van der Waals surface area (Å²) in [6.45, 7) is 0.585. The summed E-state index contributed by atoms with van der Waals surface area (Å²) in [6, 6.07) is 18.7. The second-order valence-corrected chi connectivity index (χ2v) is 4.31. The predicted molar refractivity (Wildman–Crippen MR) is 75.1 cm³/mol. The van der Waals surface area contributed by atoms with E-state index >= 15 is 0 Å². The van der Waals surface area contributed by atoms with Crippen LogP contribution in [-0.4, -0.2) is 4.98 Å². The Labute approximate surface area is 106 Å². The molecule has 0 saturated carbocycles. The van der Waals surface area contributed by atoms with Gasteiger partial charge in [-0.25, -0.2) is 0 Å². The molecule has 2 N–H and O–H groups in total. The van der Waals surface area contributed by atoms with Gasteiger partial charge in [-0.1, -0.05) is 36.4 Å². The summed E-state index contributed by atoms with van der Waals surface area (Å²) < 4.78 is 0. The molecule has 2 heteroatoms. The van der Waals surface area contributed by atoms with Gasteiger partial charge in [0.1, 0.15) is 0 Å². The van der Waals surface area contributed by atoms with Crippen LogP contribution in [0.4, 0.5) is 0 Å². The van der Waals surface area contributed by atoms with Crippen molar-refractivity contribution in [3.8, 4) is 11.1 Å². The number of pyridine rings is 1. The van der Waals surface area contributed by atoms with Gasteiger partial charge in [0.05, 0.1) is 5.52 Å². The number of aromatic nitrogens is 1. The molecule has 0 atom stereocenters. The third-order valence-corrected chi connectivity index (χ3v) is 3.13. The third-order valence-electron chi connectivity index (χ3n) is 3.13. The largest absolute Gasteiger partial charge is 0.326 e. The van der Waals surface area contributed by atoms with E-state index in [1.54, 1.807) is 0 Å². The van der Waals surface area contributed by atoms with E-state index in [-0.39, 0.29) is 0 Å². The summed E-state index contributed by atoms with van der Waals surface area (Å²) in [4.78, 5) is 4.33. The van der Waals surface area contributed by atoms with Gasteiger partial charge >= 0.3 is 0 Å². The Morgan fingerprint density at radius 2 is 1.67 bits per heavy atom. The molecule has 0 aliphatic rings. The van der Waals surface area contributed by atoms with Crippen LogP contribution in [-0.2, 0) is 6.54 Å². The Kier molecular flexibility index (Phi) is 2.79. The van der Waals surface area contributed by atoms with Crippen LogP contribution in [0.25, 0.3) is 22.0 Å². The van der Waals surface area contributed by atoms with Gasteiger partial charge in [0, 0.05) is 18.1 Å². The smallest absolute Gasteiger partial charge is 0.0702 e. The van der Waals surface area contributed by atoms with E-state index in [4.69, 9.17) is 5.73 Å². The maximum atomic E-state index is 5.60. The van der Waals surface area contributed by atoms with Crippen LogP contribution in [0, 0.1) is 0 Å². The summed E-state index contributed by atoms with van der Waals surface area (Å²) >= 11 is 0. The Balaban J connectivity index is 2.07. The van der Waals surface area contributed by atoms with Crippen LogP contribution in [0.1, 0.15) is 5.56 Å². The number of nitrogens with zero attached hydrogens (tertiary/aromatic N) is 1. The van der Waals surface area contributed by atoms with Gasteiger partial charge in [0.2, 0.25) is 0 Å². The predicted octanol–water partition coefficient (Wildman–Crippen LogP) is 3.36. The van der Waals surface area contributed by atoms with Crippen LogP contribution < -0.4 is 5.73 Å². The minimum atomic E-state index is 0.585. The molecule has 3 rings (SSSR count). The first kappa shape index (κ1) is 10.9. The molecule has 1 heterocycles. The van der Waals surface area contributed by atoms with E-state index in [9.17, 15) is 0 Å². The lowest BCUT2D eigenvalue weighted by Crippen LogP contribution is -1.95. The van der Waals surface area contributed by atoms with Crippen molar-refractivity contribution >= 4 is 10.9 Å². The highest BCUT2D eigenvalue weighted by molar-refractivity contribution is 5.84. The van der Waals surface area contributed by atoms with E-state index in [0.717, 1.165) is 16.5 Å². The van der Waals surface area contributed by atoms with Crippen LogP contribution >= 0.6 is 0 Å². The molecular formula is C16H14N2. The number of rotatable bonds is 2. The molecule has 1 aromatic heterocycles. The average Bonchev–Trinajstić information content (AvgIpc) is 2.47. The molecular weight excluding hydrogens is 220 g/mol. The highest BCUT2D eigenvalue weighted by Gasteiger charge is 2.00. The quantitative estimate of drug-likeness (QED) is 0.738. The molecule has 0 spiro atoms. The average molecular weight is 234 g/mol. The van der Waals surface area contributed by atoms with Gasteiger partial charge in [0.25, 0.3) is 0 Å². The molecule has 0 amide bonds. The summed E-state index contributed by atoms with van der Waals surface area (Å²) in [5, 5.41) is 1.16. The van der Waals surface area contributed by atoms with Gasteiger partial charge in [-0.05, 0) is 34.9 Å². The van der Waals surface area contributed by atoms with Crippen molar-refractivity contribution in [3.05, 3.63) is 66.4 Å². The SMILES string of the molecule is NCc1ccc(-c2ccc3ncccc3c2)cc1. The minimum Gasteiger partial charge on any atom is -0.326 e. The van der Waals surface area contributed by atoms with Crippen molar-refractivity contribution in [2.75, 3.05) is 0 Å². The van der Waals surface area contributed by atoms with Gasteiger partial charge < -0.3 is 5.73 Å². The fraction of sp³-hybridized carbons (Fsp3) is 0.0625. The lowest BCUT2D eigenvalue weighted by molar-refractivity contribution is 1.07. The molecule has 0 saturated heterocycles. The van der Waals surface area contributed by atoms with Crippen molar-refractivity contribution < 1.29 is 0 Å². The first-order valence-electron chi connectivity index (χ1n) is 6.01. The van der Waals surface area contributed by atoms with Crippen molar-refractivity contribution in [1.82, 2.24) is 4.98 Å². The second-order valence-electron chi connectivity index (χ2n) is 4.31. The number of benzene rings is 2. The molecule has 2 aromatic carbocycles. The molecule has 0 bridgehead atoms. The highest BCUT2D eigenvalue weighted by Crippen LogP contribution is 2.23. The Bertz CT molecular complexity index is 672. The Morgan fingerprint density at radius 1 is 0.889 bits per heavy atom. The molecule has 0 aliphatic heterocycles. The minimum absolute atomic E-state index is 0.585. The highest BCUT2D eigenvalue weighted by atomic mass is 14.6. The van der Waals surface area contributed by atoms with Crippen molar-refractivity contribution in [1.29, 1.82) is 0 Å². The van der Waals surface area contributed by atoms with E-state index < -0.39 is 0 Å². The first-order chi connectivity index (χ1) is 8.86.